The number of carboxylic acids is 1. The monoisotopic (exact) mass is 266 g/mol. The molecule has 0 spiro atoms. The minimum Gasteiger partial charge on any atom is -0.481 e. The second kappa shape index (κ2) is 5.17. The third kappa shape index (κ3) is 2.40. The Bertz CT molecular complexity index is 762. The van der Waals surface area contributed by atoms with Crippen LogP contribution < -0.4 is 0 Å². The first-order valence-electron chi connectivity index (χ1n) is 6.42. The van der Waals surface area contributed by atoms with Crippen LogP contribution in [0.25, 0.3) is 11.0 Å². The van der Waals surface area contributed by atoms with E-state index in [0.717, 1.165) is 22.2 Å². The number of benzene rings is 2. The largest absolute Gasteiger partial charge is 0.481 e. The molecule has 3 rings (SSSR count). The molecule has 0 aliphatic carbocycles. The number of carbonyl (C=O) groups is 1. The SMILES string of the molecule is O=C(O)Cc1ccccc1Cn1cnc2ccccc21. The van der Waals surface area contributed by atoms with Crippen LogP contribution >= 0.6 is 0 Å². The third-order valence-electron chi connectivity index (χ3n) is 3.33. The molecule has 1 aromatic heterocycles. The summed E-state index contributed by atoms with van der Waals surface area (Å²) in [7, 11) is 0. The van der Waals surface area contributed by atoms with Crippen molar-refractivity contribution in [3.8, 4) is 0 Å². The molecule has 0 amide bonds. The van der Waals surface area contributed by atoms with E-state index >= 15 is 0 Å². The molecule has 0 aliphatic rings. The molecule has 0 radical (unpaired) electrons. The molecule has 0 unspecified atom stereocenters. The summed E-state index contributed by atoms with van der Waals surface area (Å²) in [6.07, 6.45) is 1.84. The molecule has 1 heterocycles. The second-order valence-electron chi connectivity index (χ2n) is 4.70. The van der Waals surface area contributed by atoms with Crippen LogP contribution in [0, 0.1) is 0 Å². The minimum absolute atomic E-state index is 0.0444. The summed E-state index contributed by atoms with van der Waals surface area (Å²) in [6.45, 7) is 0.629. The molecule has 100 valence electrons. The van der Waals surface area contributed by atoms with Crippen LogP contribution in [-0.4, -0.2) is 20.6 Å². The number of para-hydroxylation sites is 2. The van der Waals surface area contributed by atoms with Gasteiger partial charge in [0.2, 0.25) is 0 Å². The van der Waals surface area contributed by atoms with E-state index in [1.54, 1.807) is 6.33 Å². The fraction of sp³-hybridized carbons (Fsp3) is 0.125. The molecule has 0 saturated carbocycles. The highest BCUT2D eigenvalue weighted by molar-refractivity contribution is 5.75. The van der Waals surface area contributed by atoms with Gasteiger partial charge < -0.3 is 9.67 Å². The smallest absolute Gasteiger partial charge is 0.307 e. The Morgan fingerprint density at radius 3 is 2.55 bits per heavy atom. The number of rotatable bonds is 4. The van der Waals surface area contributed by atoms with Crippen LogP contribution in [0.1, 0.15) is 11.1 Å². The predicted octanol–water partition coefficient (Wildman–Crippen LogP) is 2.71. The van der Waals surface area contributed by atoms with Crippen LogP contribution in [-0.2, 0) is 17.8 Å². The molecule has 1 N–H and O–H groups in total. The Hall–Kier alpha value is -2.62. The van der Waals surface area contributed by atoms with Gasteiger partial charge in [0.05, 0.1) is 23.8 Å². The Labute approximate surface area is 116 Å². The van der Waals surface area contributed by atoms with Gasteiger partial charge in [0.15, 0.2) is 0 Å². The summed E-state index contributed by atoms with van der Waals surface area (Å²) in [5.41, 5.74) is 3.86. The van der Waals surface area contributed by atoms with Gasteiger partial charge in [-0.05, 0) is 23.3 Å². The van der Waals surface area contributed by atoms with Gasteiger partial charge in [-0.3, -0.25) is 4.79 Å². The van der Waals surface area contributed by atoms with Crippen molar-refractivity contribution in [2.45, 2.75) is 13.0 Å². The molecule has 4 heteroatoms. The highest BCUT2D eigenvalue weighted by Gasteiger charge is 2.08. The van der Waals surface area contributed by atoms with E-state index in [1.165, 1.54) is 0 Å². The van der Waals surface area contributed by atoms with Gasteiger partial charge in [0, 0.05) is 6.54 Å². The van der Waals surface area contributed by atoms with Crippen LogP contribution in [0.3, 0.4) is 0 Å². The number of imidazole rings is 1. The lowest BCUT2D eigenvalue weighted by Gasteiger charge is -2.09. The highest BCUT2D eigenvalue weighted by atomic mass is 16.4. The van der Waals surface area contributed by atoms with E-state index in [-0.39, 0.29) is 6.42 Å². The Kier molecular flexibility index (Phi) is 3.21. The lowest BCUT2D eigenvalue weighted by Crippen LogP contribution is -2.06. The van der Waals surface area contributed by atoms with Gasteiger partial charge in [-0.25, -0.2) is 4.98 Å². The summed E-state index contributed by atoms with van der Waals surface area (Å²) >= 11 is 0. The molecule has 20 heavy (non-hydrogen) atoms. The van der Waals surface area contributed by atoms with Gasteiger partial charge >= 0.3 is 5.97 Å². The number of nitrogens with zero attached hydrogens (tertiary/aromatic N) is 2. The Balaban J connectivity index is 1.97. The maximum Gasteiger partial charge on any atom is 0.307 e. The first kappa shape index (κ1) is 12.4. The van der Waals surface area contributed by atoms with Crippen molar-refractivity contribution in [1.82, 2.24) is 9.55 Å². The Morgan fingerprint density at radius 1 is 1.05 bits per heavy atom. The van der Waals surface area contributed by atoms with E-state index < -0.39 is 5.97 Å². The van der Waals surface area contributed by atoms with E-state index in [2.05, 4.69) is 4.98 Å². The van der Waals surface area contributed by atoms with Crippen molar-refractivity contribution in [2.24, 2.45) is 0 Å². The normalized spacial score (nSPS) is 10.8. The van der Waals surface area contributed by atoms with Crippen LogP contribution in [0.5, 0.6) is 0 Å². The quantitative estimate of drug-likeness (QED) is 0.790. The van der Waals surface area contributed by atoms with E-state index in [9.17, 15) is 4.79 Å². The molecular formula is C16H14N2O2. The number of aliphatic carboxylic acids is 1. The highest BCUT2D eigenvalue weighted by Crippen LogP contribution is 2.16. The van der Waals surface area contributed by atoms with E-state index in [0.29, 0.717) is 6.54 Å². The topological polar surface area (TPSA) is 55.1 Å². The molecule has 4 nitrogen and oxygen atoms in total. The molecular weight excluding hydrogens is 252 g/mol. The number of hydrogen-bond acceptors (Lipinski definition) is 2. The molecule has 0 bridgehead atoms. The van der Waals surface area contributed by atoms with Gasteiger partial charge in [-0.15, -0.1) is 0 Å². The lowest BCUT2D eigenvalue weighted by atomic mass is 10.0. The fourth-order valence-corrected chi connectivity index (χ4v) is 2.37. The first-order chi connectivity index (χ1) is 9.74. The molecule has 3 aromatic rings. The number of fused-ring (bicyclic) bond motifs is 1. The van der Waals surface area contributed by atoms with Crippen molar-refractivity contribution in [3.63, 3.8) is 0 Å². The standard InChI is InChI=1S/C16H14N2O2/c19-16(20)9-12-5-1-2-6-13(12)10-18-11-17-14-7-3-4-8-15(14)18/h1-8,11H,9-10H2,(H,19,20). The molecule has 0 atom stereocenters. The second-order valence-corrected chi connectivity index (χ2v) is 4.70. The average Bonchev–Trinajstić information content (AvgIpc) is 2.84. The molecule has 0 saturated heterocycles. The zero-order valence-electron chi connectivity index (χ0n) is 10.9. The van der Waals surface area contributed by atoms with Crippen molar-refractivity contribution in [2.75, 3.05) is 0 Å². The maximum atomic E-state index is 10.9. The van der Waals surface area contributed by atoms with Crippen LogP contribution in [0.2, 0.25) is 0 Å². The summed E-state index contributed by atoms with van der Waals surface area (Å²) in [4.78, 5) is 15.3. The van der Waals surface area contributed by atoms with E-state index in [1.807, 2.05) is 53.1 Å². The third-order valence-corrected chi connectivity index (χ3v) is 3.33. The predicted molar refractivity (Wildman–Crippen MR) is 76.6 cm³/mol. The zero-order valence-corrected chi connectivity index (χ0v) is 10.9. The average molecular weight is 266 g/mol. The molecule has 0 fully saturated rings. The number of aromatic nitrogens is 2. The number of hydrogen-bond donors (Lipinski definition) is 1. The van der Waals surface area contributed by atoms with Crippen molar-refractivity contribution >= 4 is 17.0 Å². The lowest BCUT2D eigenvalue weighted by molar-refractivity contribution is -0.136. The van der Waals surface area contributed by atoms with Crippen molar-refractivity contribution < 1.29 is 9.90 Å². The zero-order chi connectivity index (χ0) is 13.9. The van der Waals surface area contributed by atoms with E-state index in [4.69, 9.17) is 5.11 Å². The molecule has 0 aliphatic heterocycles. The summed E-state index contributed by atoms with van der Waals surface area (Å²) in [5.74, 6) is -0.812. The van der Waals surface area contributed by atoms with Crippen molar-refractivity contribution in [1.29, 1.82) is 0 Å². The van der Waals surface area contributed by atoms with Gasteiger partial charge in [-0.2, -0.15) is 0 Å². The van der Waals surface area contributed by atoms with Crippen LogP contribution in [0.15, 0.2) is 54.9 Å². The summed E-state index contributed by atoms with van der Waals surface area (Å²) in [5, 5.41) is 8.97. The van der Waals surface area contributed by atoms with Gasteiger partial charge in [-0.1, -0.05) is 36.4 Å². The first-order valence-corrected chi connectivity index (χ1v) is 6.42. The van der Waals surface area contributed by atoms with Gasteiger partial charge in [0.1, 0.15) is 0 Å². The summed E-state index contributed by atoms with van der Waals surface area (Å²) in [6, 6.07) is 15.5. The van der Waals surface area contributed by atoms with Crippen molar-refractivity contribution in [3.05, 3.63) is 66.0 Å². The fourth-order valence-electron chi connectivity index (χ4n) is 2.37. The van der Waals surface area contributed by atoms with Crippen LogP contribution in [0.4, 0.5) is 0 Å². The summed E-state index contributed by atoms with van der Waals surface area (Å²) < 4.78 is 2.04. The maximum absolute atomic E-state index is 10.9. The minimum atomic E-state index is -0.812. The number of carboxylic acid groups (broad SMARTS) is 1. The molecule has 2 aromatic carbocycles. The van der Waals surface area contributed by atoms with Gasteiger partial charge in [0.25, 0.3) is 0 Å². The Morgan fingerprint density at radius 2 is 1.75 bits per heavy atom.